The van der Waals surface area contributed by atoms with Gasteiger partial charge in [0.25, 0.3) is 0 Å². The predicted molar refractivity (Wildman–Crippen MR) is 92.9 cm³/mol. The van der Waals surface area contributed by atoms with Gasteiger partial charge in [-0.2, -0.15) is 0 Å². The van der Waals surface area contributed by atoms with Gasteiger partial charge >= 0.3 is 0 Å². The smallest absolute Gasteiger partial charge is 0.198 e. The third-order valence-electron chi connectivity index (χ3n) is 3.80. The van der Waals surface area contributed by atoms with Crippen molar-refractivity contribution in [3.8, 4) is 0 Å². The molecular weight excluding hydrogens is 354 g/mol. The van der Waals surface area contributed by atoms with Gasteiger partial charge in [-0.05, 0) is 36.8 Å². The Kier molecular flexibility index (Phi) is 4.94. The summed E-state index contributed by atoms with van der Waals surface area (Å²) >= 11 is 7.70. The summed E-state index contributed by atoms with van der Waals surface area (Å²) in [5.74, 6) is 1.12. The number of carbonyl (C=O) groups is 1. The van der Waals surface area contributed by atoms with E-state index >= 15 is 0 Å². The van der Waals surface area contributed by atoms with Gasteiger partial charge in [-0.15, -0.1) is 11.8 Å². The molecule has 1 heterocycles. The van der Waals surface area contributed by atoms with Crippen molar-refractivity contribution in [1.82, 2.24) is 5.16 Å². The molecule has 1 saturated carbocycles. The molecule has 0 bridgehead atoms. The minimum absolute atomic E-state index is 0.138. The van der Waals surface area contributed by atoms with Crippen molar-refractivity contribution in [3.05, 3.63) is 45.8 Å². The van der Waals surface area contributed by atoms with Crippen LogP contribution in [0.15, 0.2) is 27.7 Å². The van der Waals surface area contributed by atoms with Crippen molar-refractivity contribution < 1.29 is 13.5 Å². The van der Waals surface area contributed by atoms with E-state index in [1.807, 2.05) is 6.26 Å². The summed E-state index contributed by atoms with van der Waals surface area (Å²) in [4.78, 5) is 13.8. The Labute approximate surface area is 146 Å². The normalized spacial score (nSPS) is 15.6. The minimum atomic E-state index is -1.08. The second-order valence-corrected chi connectivity index (χ2v) is 8.19. The molecule has 23 heavy (non-hydrogen) atoms. The molecule has 3 rings (SSSR count). The fraction of sp³-hybridized carbons (Fsp3) is 0.375. The first kappa shape index (κ1) is 16.7. The number of nitrogens with zero attached hydrogens (tertiary/aromatic N) is 1. The Balaban J connectivity index is 2.09. The fourth-order valence-corrected chi connectivity index (χ4v) is 4.48. The number of hydrogen-bond acceptors (Lipinski definition) is 5. The minimum Gasteiger partial charge on any atom is -0.360 e. The summed E-state index contributed by atoms with van der Waals surface area (Å²) in [6, 6.07) is 3.42. The first-order valence-electron chi connectivity index (χ1n) is 7.17. The van der Waals surface area contributed by atoms with Crippen LogP contribution in [0.25, 0.3) is 0 Å². The van der Waals surface area contributed by atoms with E-state index in [1.54, 1.807) is 18.4 Å². The monoisotopic (exact) mass is 369 g/mol. The average Bonchev–Trinajstić information content (AvgIpc) is 3.23. The lowest BCUT2D eigenvalue weighted by molar-refractivity contribution is 0.103. The summed E-state index contributed by atoms with van der Waals surface area (Å²) in [7, 11) is -1.08. The van der Waals surface area contributed by atoms with Crippen molar-refractivity contribution >= 4 is 39.9 Å². The van der Waals surface area contributed by atoms with Crippen LogP contribution in [-0.2, 0) is 16.6 Å². The predicted octanol–water partition coefficient (Wildman–Crippen LogP) is 4.04. The summed E-state index contributed by atoms with van der Waals surface area (Å²) in [6.07, 6.45) is 7.05. The van der Waals surface area contributed by atoms with Crippen LogP contribution in [-0.4, -0.2) is 27.7 Å². The molecule has 1 aromatic heterocycles. The molecule has 2 aromatic rings. The van der Waals surface area contributed by atoms with Gasteiger partial charge in [0.05, 0.1) is 22.5 Å². The summed E-state index contributed by atoms with van der Waals surface area (Å²) in [5.41, 5.74) is 1.77. The van der Waals surface area contributed by atoms with Gasteiger partial charge in [0, 0.05) is 33.4 Å². The first-order chi connectivity index (χ1) is 11.0. The van der Waals surface area contributed by atoms with Crippen LogP contribution in [0.3, 0.4) is 0 Å². The van der Waals surface area contributed by atoms with E-state index in [9.17, 15) is 9.00 Å². The van der Waals surface area contributed by atoms with Gasteiger partial charge in [0.2, 0.25) is 0 Å². The van der Waals surface area contributed by atoms with Crippen LogP contribution in [0, 0.1) is 0 Å². The van der Waals surface area contributed by atoms with E-state index in [-0.39, 0.29) is 5.78 Å². The second kappa shape index (κ2) is 6.79. The molecule has 122 valence electrons. The number of ketones is 1. The zero-order chi connectivity index (χ0) is 16.6. The van der Waals surface area contributed by atoms with Crippen LogP contribution >= 0.6 is 23.4 Å². The zero-order valence-electron chi connectivity index (χ0n) is 12.8. The van der Waals surface area contributed by atoms with Gasteiger partial charge in [-0.25, -0.2) is 0 Å². The van der Waals surface area contributed by atoms with E-state index in [0.717, 1.165) is 23.3 Å². The lowest BCUT2D eigenvalue weighted by Gasteiger charge is -2.13. The summed E-state index contributed by atoms with van der Waals surface area (Å²) in [6.45, 7) is 0. The van der Waals surface area contributed by atoms with Crippen LogP contribution < -0.4 is 0 Å². The highest BCUT2D eigenvalue weighted by molar-refractivity contribution is 7.98. The number of carbonyl (C=O) groups excluding carboxylic acids is 1. The number of halogens is 1. The van der Waals surface area contributed by atoms with Crippen LogP contribution in [0.1, 0.15) is 46.0 Å². The van der Waals surface area contributed by atoms with Crippen LogP contribution in [0.2, 0.25) is 5.02 Å². The Hall–Kier alpha value is -1.11. The Bertz CT molecular complexity index is 784. The van der Waals surface area contributed by atoms with Crippen molar-refractivity contribution in [2.75, 3.05) is 12.5 Å². The Morgan fingerprint density at radius 3 is 2.78 bits per heavy atom. The topological polar surface area (TPSA) is 60.2 Å². The number of benzene rings is 1. The zero-order valence-corrected chi connectivity index (χ0v) is 15.2. The first-order valence-corrected chi connectivity index (χ1v) is 10.5. The van der Waals surface area contributed by atoms with Gasteiger partial charge in [0.1, 0.15) is 0 Å². The van der Waals surface area contributed by atoms with E-state index in [4.69, 9.17) is 16.1 Å². The van der Waals surface area contributed by atoms with Gasteiger partial charge < -0.3 is 4.52 Å². The molecule has 0 radical (unpaired) electrons. The molecule has 1 aromatic carbocycles. The molecule has 1 atom stereocenters. The molecule has 1 aliphatic carbocycles. The van der Waals surface area contributed by atoms with Crippen molar-refractivity contribution in [1.29, 1.82) is 0 Å². The van der Waals surface area contributed by atoms with E-state index < -0.39 is 10.8 Å². The maximum Gasteiger partial charge on any atom is 0.198 e. The van der Waals surface area contributed by atoms with Gasteiger partial charge in [-0.1, -0.05) is 16.8 Å². The molecule has 4 nitrogen and oxygen atoms in total. The van der Waals surface area contributed by atoms with Crippen LogP contribution in [0.5, 0.6) is 0 Å². The van der Waals surface area contributed by atoms with E-state index in [0.29, 0.717) is 33.6 Å². The molecular formula is C16H16ClNO3S2. The molecule has 0 spiro atoms. The molecule has 7 heteroatoms. The lowest BCUT2D eigenvalue weighted by Crippen LogP contribution is -2.09. The number of rotatable bonds is 6. The van der Waals surface area contributed by atoms with Crippen molar-refractivity contribution in [2.24, 2.45) is 0 Å². The van der Waals surface area contributed by atoms with Gasteiger partial charge in [-0.3, -0.25) is 9.00 Å². The highest BCUT2D eigenvalue weighted by Crippen LogP contribution is 2.42. The largest absolute Gasteiger partial charge is 0.360 e. The third-order valence-corrected chi connectivity index (χ3v) is 5.80. The van der Waals surface area contributed by atoms with Crippen LogP contribution in [0.4, 0.5) is 0 Å². The average molecular weight is 370 g/mol. The maximum atomic E-state index is 13.0. The highest BCUT2D eigenvalue weighted by Gasteiger charge is 2.33. The van der Waals surface area contributed by atoms with Gasteiger partial charge in [0.15, 0.2) is 11.5 Å². The molecule has 1 unspecified atom stereocenters. The van der Waals surface area contributed by atoms with E-state index in [1.165, 1.54) is 18.0 Å². The fourth-order valence-electron chi connectivity index (χ4n) is 2.58. The SMILES string of the molecule is CSc1c(Cl)ccc(C(=O)c2cnoc2C2CC2)c1CS(C)=O. The molecule has 1 fully saturated rings. The molecule has 0 aliphatic heterocycles. The maximum absolute atomic E-state index is 13.0. The number of aromatic nitrogens is 1. The molecule has 0 amide bonds. The summed E-state index contributed by atoms with van der Waals surface area (Å²) in [5, 5.41) is 4.37. The van der Waals surface area contributed by atoms with Crippen molar-refractivity contribution in [3.63, 3.8) is 0 Å². The molecule has 0 saturated heterocycles. The standard InChI is InChI=1S/C16H16ClNO3S2/c1-22-16-12(8-23(2)20)10(5-6-13(16)17)14(19)11-7-18-21-15(11)9-3-4-9/h5-7,9H,3-4,8H2,1-2H3. The van der Waals surface area contributed by atoms with Crippen molar-refractivity contribution in [2.45, 2.75) is 29.4 Å². The Morgan fingerprint density at radius 1 is 1.43 bits per heavy atom. The highest BCUT2D eigenvalue weighted by atomic mass is 35.5. The lowest BCUT2D eigenvalue weighted by atomic mass is 9.98. The third kappa shape index (κ3) is 3.39. The quantitative estimate of drug-likeness (QED) is 0.568. The Morgan fingerprint density at radius 2 is 2.17 bits per heavy atom. The molecule has 1 aliphatic rings. The van der Waals surface area contributed by atoms with E-state index in [2.05, 4.69) is 5.16 Å². The second-order valence-electron chi connectivity index (χ2n) is 5.53. The number of hydrogen-bond donors (Lipinski definition) is 0. The number of thioether (sulfide) groups is 1. The molecule has 0 N–H and O–H groups in total. The summed E-state index contributed by atoms with van der Waals surface area (Å²) < 4.78 is 17.0.